The van der Waals surface area contributed by atoms with Crippen LogP contribution in [0.5, 0.6) is 5.75 Å². The molecule has 0 atom stereocenters. The lowest BCUT2D eigenvalue weighted by Gasteiger charge is -2.10. The first-order valence-electron chi connectivity index (χ1n) is 4.08. The van der Waals surface area contributed by atoms with Gasteiger partial charge in [0.1, 0.15) is 5.75 Å². The summed E-state index contributed by atoms with van der Waals surface area (Å²) in [7, 11) is 1.81. The molecule has 66 valence electrons. The van der Waals surface area contributed by atoms with E-state index in [1.54, 1.807) is 6.07 Å². The normalized spacial score (nSPS) is 10.2. The smallest absolute Gasteiger partial charge is 0.118 e. The lowest BCUT2D eigenvalue weighted by Crippen LogP contribution is -1.90. The van der Waals surface area contributed by atoms with Crippen LogP contribution in [-0.4, -0.2) is 18.7 Å². The quantitative estimate of drug-likeness (QED) is 0.730. The summed E-state index contributed by atoms with van der Waals surface area (Å²) in [6, 6.07) is 5.67. The third-order valence-corrected chi connectivity index (χ3v) is 1.89. The van der Waals surface area contributed by atoms with Crippen LogP contribution in [0.15, 0.2) is 18.2 Å². The lowest BCUT2D eigenvalue weighted by atomic mass is 10.1. The van der Waals surface area contributed by atoms with Crippen molar-refractivity contribution in [2.45, 2.75) is 13.3 Å². The SMILES string of the molecule is C[N-]CCc1ccc(O)c(C)c1. The van der Waals surface area contributed by atoms with Gasteiger partial charge >= 0.3 is 0 Å². The Morgan fingerprint density at radius 1 is 1.42 bits per heavy atom. The monoisotopic (exact) mass is 164 g/mol. The summed E-state index contributed by atoms with van der Waals surface area (Å²) in [4.78, 5) is 0. The number of aryl methyl sites for hydroxylation is 1. The molecule has 2 nitrogen and oxygen atoms in total. The van der Waals surface area contributed by atoms with Crippen LogP contribution in [0.1, 0.15) is 11.1 Å². The molecule has 0 heterocycles. The Bertz CT molecular complexity index is 258. The maximum atomic E-state index is 9.25. The van der Waals surface area contributed by atoms with E-state index in [9.17, 15) is 5.11 Å². The van der Waals surface area contributed by atoms with Crippen molar-refractivity contribution in [3.8, 4) is 5.75 Å². The molecule has 12 heavy (non-hydrogen) atoms. The highest BCUT2D eigenvalue weighted by atomic mass is 16.3. The molecule has 0 aliphatic carbocycles. The van der Waals surface area contributed by atoms with E-state index in [2.05, 4.69) is 5.32 Å². The maximum Gasteiger partial charge on any atom is 0.118 e. The minimum Gasteiger partial charge on any atom is -0.665 e. The molecule has 0 aromatic heterocycles. The highest BCUT2D eigenvalue weighted by Crippen LogP contribution is 2.17. The molecular weight excluding hydrogens is 150 g/mol. The van der Waals surface area contributed by atoms with Crippen molar-refractivity contribution in [1.29, 1.82) is 0 Å². The van der Waals surface area contributed by atoms with Crippen molar-refractivity contribution in [3.63, 3.8) is 0 Å². The highest BCUT2D eigenvalue weighted by Gasteiger charge is 1.95. The van der Waals surface area contributed by atoms with Crippen LogP contribution in [0.3, 0.4) is 0 Å². The van der Waals surface area contributed by atoms with Gasteiger partial charge in [-0.25, -0.2) is 0 Å². The number of phenolic OH excluding ortho intramolecular Hbond substituents is 1. The topological polar surface area (TPSA) is 34.3 Å². The molecule has 0 unspecified atom stereocenters. The number of rotatable bonds is 3. The van der Waals surface area contributed by atoms with Gasteiger partial charge in [-0.3, -0.25) is 0 Å². The van der Waals surface area contributed by atoms with E-state index in [0.717, 1.165) is 18.5 Å². The summed E-state index contributed by atoms with van der Waals surface area (Å²) in [6.07, 6.45) is 0.956. The summed E-state index contributed by atoms with van der Waals surface area (Å²) < 4.78 is 0. The van der Waals surface area contributed by atoms with Crippen LogP contribution >= 0.6 is 0 Å². The van der Waals surface area contributed by atoms with Crippen LogP contribution in [-0.2, 0) is 6.42 Å². The number of benzene rings is 1. The van der Waals surface area contributed by atoms with Gasteiger partial charge in [-0.15, -0.1) is 6.54 Å². The van der Waals surface area contributed by atoms with Gasteiger partial charge < -0.3 is 10.4 Å². The number of hydrogen-bond acceptors (Lipinski definition) is 1. The molecule has 1 aromatic carbocycles. The van der Waals surface area contributed by atoms with E-state index < -0.39 is 0 Å². The zero-order chi connectivity index (χ0) is 8.97. The first-order chi connectivity index (χ1) is 5.74. The van der Waals surface area contributed by atoms with Gasteiger partial charge in [0.15, 0.2) is 0 Å². The largest absolute Gasteiger partial charge is 0.665 e. The molecule has 0 aliphatic heterocycles. The molecule has 1 rings (SSSR count). The fraction of sp³-hybridized carbons (Fsp3) is 0.400. The molecule has 0 fully saturated rings. The van der Waals surface area contributed by atoms with Gasteiger partial charge in [0.05, 0.1) is 0 Å². The predicted molar refractivity (Wildman–Crippen MR) is 50.7 cm³/mol. The van der Waals surface area contributed by atoms with Crippen LogP contribution in [0.2, 0.25) is 0 Å². The highest BCUT2D eigenvalue weighted by molar-refractivity contribution is 5.35. The van der Waals surface area contributed by atoms with Crippen molar-refractivity contribution >= 4 is 0 Å². The summed E-state index contributed by atoms with van der Waals surface area (Å²) >= 11 is 0. The number of phenols is 1. The number of aromatic hydroxyl groups is 1. The molecule has 0 bridgehead atoms. The molecule has 0 spiro atoms. The molecule has 0 aliphatic rings. The van der Waals surface area contributed by atoms with Gasteiger partial charge in [-0.05, 0) is 30.5 Å². The van der Waals surface area contributed by atoms with Crippen molar-refractivity contribution in [1.82, 2.24) is 0 Å². The van der Waals surface area contributed by atoms with Crippen molar-refractivity contribution < 1.29 is 5.11 Å². The van der Waals surface area contributed by atoms with E-state index in [4.69, 9.17) is 0 Å². The van der Waals surface area contributed by atoms with Crippen molar-refractivity contribution in [2.75, 3.05) is 13.6 Å². The van der Waals surface area contributed by atoms with E-state index in [-0.39, 0.29) is 0 Å². The maximum absolute atomic E-state index is 9.25. The minimum atomic E-state index is 0.368. The Balaban J connectivity index is 2.69. The summed E-state index contributed by atoms with van der Waals surface area (Å²) in [5, 5.41) is 13.3. The Morgan fingerprint density at radius 3 is 2.75 bits per heavy atom. The second-order valence-electron chi connectivity index (χ2n) is 2.91. The molecule has 0 saturated heterocycles. The van der Waals surface area contributed by atoms with Crippen LogP contribution in [0.25, 0.3) is 5.32 Å². The Morgan fingerprint density at radius 2 is 2.17 bits per heavy atom. The van der Waals surface area contributed by atoms with Crippen molar-refractivity contribution in [2.24, 2.45) is 0 Å². The molecule has 1 aromatic rings. The summed E-state index contributed by atoms with van der Waals surface area (Å²) in [6.45, 7) is 2.76. The zero-order valence-corrected chi connectivity index (χ0v) is 7.54. The third-order valence-electron chi connectivity index (χ3n) is 1.89. The molecule has 0 amide bonds. The first kappa shape index (κ1) is 9.07. The van der Waals surface area contributed by atoms with Gasteiger partial charge in [-0.2, -0.15) is 7.05 Å². The summed E-state index contributed by atoms with van der Waals surface area (Å²) in [5.41, 5.74) is 2.17. The van der Waals surface area contributed by atoms with E-state index in [0.29, 0.717) is 5.75 Å². The molecule has 1 N–H and O–H groups in total. The number of likely N-dealkylation sites (N-methyl/N-ethyl adjacent to an activating group) is 1. The van der Waals surface area contributed by atoms with Crippen LogP contribution < -0.4 is 0 Å². The zero-order valence-electron chi connectivity index (χ0n) is 7.54. The molecule has 0 radical (unpaired) electrons. The predicted octanol–water partition coefficient (Wildman–Crippen LogP) is 2.25. The molecule has 0 saturated carbocycles. The van der Waals surface area contributed by atoms with E-state index in [1.807, 2.05) is 26.1 Å². The average Bonchev–Trinajstić information content (AvgIpc) is 2.07. The lowest BCUT2D eigenvalue weighted by molar-refractivity contribution is 0.471. The fourth-order valence-electron chi connectivity index (χ4n) is 1.11. The fourth-order valence-corrected chi connectivity index (χ4v) is 1.11. The average molecular weight is 164 g/mol. The van der Waals surface area contributed by atoms with E-state index in [1.165, 1.54) is 5.56 Å². The number of nitrogens with zero attached hydrogens (tertiary/aromatic N) is 1. The first-order valence-corrected chi connectivity index (χ1v) is 4.08. The standard InChI is InChI=1S/C10H14NO/c1-8-7-9(5-6-11-2)3-4-10(8)12/h3-4,7,12H,5-6H2,1-2H3/q-1. The van der Waals surface area contributed by atoms with Crippen LogP contribution in [0.4, 0.5) is 0 Å². The Labute approximate surface area is 73.2 Å². The molecular formula is C10H14NO-. The second-order valence-corrected chi connectivity index (χ2v) is 2.91. The molecule has 2 heteroatoms. The Hall–Kier alpha value is -1.02. The Kier molecular flexibility index (Phi) is 3.11. The minimum absolute atomic E-state index is 0.368. The van der Waals surface area contributed by atoms with Crippen molar-refractivity contribution in [3.05, 3.63) is 34.6 Å². The van der Waals surface area contributed by atoms with Crippen LogP contribution in [0, 0.1) is 6.92 Å². The summed E-state index contributed by atoms with van der Waals surface area (Å²) in [5.74, 6) is 0.368. The number of hydrogen-bond donors (Lipinski definition) is 1. The van der Waals surface area contributed by atoms with Gasteiger partial charge in [-0.1, -0.05) is 12.1 Å². The van der Waals surface area contributed by atoms with E-state index >= 15 is 0 Å². The van der Waals surface area contributed by atoms with Gasteiger partial charge in [0, 0.05) is 0 Å². The second kappa shape index (κ2) is 4.12. The van der Waals surface area contributed by atoms with Gasteiger partial charge in [0.25, 0.3) is 0 Å². The third kappa shape index (κ3) is 2.24. The van der Waals surface area contributed by atoms with Gasteiger partial charge in [0.2, 0.25) is 0 Å².